The van der Waals surface area contributed by atoms with Crippen molar-refractivity contribution in [1.82, 2.24) is 4.90 Å². The SMILES string of the molecule is COc1ccc(C2(C(=O)Nc3cccc(C(=O)N(C)C)c3)CCCCC2)cc1. The molecule has 0 unspecified atom stereocenters. The number of carbonyl (C=O) groups excluding carboxylic acids is 2. The Morgan fingerprint density at radius 2 is 1.68 bits per heavy atom. The summed E-state index contributed by atoms with van der Waals surface area (Å²) in [5, 5.41) is 3.07. The molecular weight excluding hydrogens is 352 g/mol. The Kier molecular flexibility index (Phi) is 6.02. The second-order valence-corrected chi connectivity index (χ2v) is 7.61. The Balaban J connectivity index is 1.88. The van der Waals surface area contributed by atoms with Gasteiger partial charge < -0.3 is 15.0 Å². The minimum absolute atomic E-state index is 0.00758. The van der Waals surface area contributed by atoms with E-state index in [4.69, 9.17) is 4.74 Å². The molecule has 1 aliphatic carbocycles. The molecule has 0 bridgehead atoms. The molecule has 3 rings (SSSR count). The van der Waals surface area contributed by atoms with Crippen LogP contribution in [0.3, 0.4) is 0 Å². The van der Waals surface area contributed by atoms with Gasteiger partial charge in [0.15, 0.2) is 0 Å². The van der Waals surface area contributed by atoms with Crippen molar-refractivity contribution in [3.8, 4) is 5.75 Å². The number of anilines is 1. The first kappa shape index (κ1) is 19.9. The number of ether oxygens (including phenoxy) is 1. The zero-order chi connectivity index (χ0) is 20.1. The van der Waals surface area contributed by atoms with Crippen LogP contribution in [-0.4, -0.2) is 37.9 Å². The van der Waals surface area contributed by atoms with E-state index in [1.807, 2.05) is 30.3 Å². The molecule has 0 heterocycles. The maximum atomic E-state index is 13.4. The molecule has 0 aromatic heterocycles. The number of nitrogens with one attached hydrogen (secondary N) is 1. The number of carbonyl (C=O) groups is 2. The van der Waals surface area contributed by atoms with Gasteiger partial charge in [-0.25, -0.2) is 0 Å². The van der Waals surface area contributed by atoms with Crippen molar-refractivity contribution in [2.75, 3.05) is 26.5 Å². The number of hydrogen-bond acceptors (Lipinski definition) is 3. The van der Waals surface area contributed by atoms with E-state index >= 15 is 0 Å². The van der Waals surface area contributed by atoms with Gasteiger partial charge in [0.1, 0.15) is 5.75 Å². The quantitative estimate of drug-likeness (QED) is 0.844. The fraction of sp³-hybridized carbons (Fsp3) is 0.391. The third-order valence-corrected chi connectivity index (χ3v) is 5.56. The standard InChI is InChI=1S/C23H28N2O3/c1-25(2)21(26)17-8-7-9-19(16-17)24-22(27)23(14-5-4-6-15-23)18-10-12-20(28-3)13-11-18/h7-13,16H,4-6,14-15H2,1-3H3,(H,24,27). The van der Waals surface area contributed by atoms with Crippen molar-refractivity contribution in [1.29, 1.82) is 0 Å². The Labute approximate surface area is 166 Å². The number of nitrogens with zero attached hydrogens (tertiary/aromatic N) is 1. The van der Waals surface area contributed by atoms with Crippen LogP contribution in [0.4, 0.5) is 5.69 Å². The van der Waals surface area contributed by atoms with Crippen LogP contribution in [0.5, 0.6) is 5.75 Å². The summed E-state index contributed by atoms with van der Waals surface area (Å²) in [4.78, 5) is 27.2. The van der Waals surface area contributed by atoms with E-state index in [9.17, 15) is 9.59 Å². The van der Waals surface area contributed by atoms with Crippen LogP contribution in [0.15, 0.2) is 48.5 Å². The minimum Gasteiger partial charge on any atom is -0.497 e. The van der Waals surface area contributed by atoms with Crippen molar-refractivity contribution < 1.29 is 14.3 Å². The van der Waals surface area contributed by atoms with Crippen LogP contribution in [0.1, 0.15) is 48.0 Å². The van der Waals surface area contributed by atoms with Crippen LogP contribution in [-0.2, 0) is 10.2 Å². The molecule has 1 N–H and O–H groups in total. The fourth-order valence-corrected chi connectivity index (χ4v) is 3.95. The monoisotopic (exact) mass is 380 g/mol. The van der Waals surface area contributed by atoms with E-state index in [-0.39, 0.29) is 11.8 Å². The first-order valence-electron chi connectivity index (χ1n) is 9.74. The number of hydrogen-bond donors (Lipinski definition) is 1. The molecule has 5 heteroatoms. The van der Waals surface area contributed by atoms with Gasteiger partial charge in [-0.3, -0.25) is 9.59 Å². The summed E-state index contributed by atoms with van der Waals surface area (Å²) in [5.41, 5.74) is 1.68. The highest BCUT2D eigenvalue weighted by molar-refractivity contribution is 6.01. The predicted octanol–water partition coefficient (Wildman–Crippen LogP) is 4.24. The summed E-state index contributed by atoms with van der Waals surface area (Å²) >= 11 is 0. The first-order valence-corrected chi connectivity index (χ1v) is 9.74. The van der Waals surface area contributed by atoms with Gasteiger partial charge in [-0.1, -0.05) is 37.5 Å². The van der Waals surface area contributed by atoms with E-state index in [1.165, 1.54) is 4.90 Å². The average Bonchev–Trinajstić information content (AvgIpc) is 2.73. The lowest BCUT2D eigenvalue weighted by molar-refractivity contribution is -0.122. The number of benzene rings is 2. The summed E-state index contributed by atoms with van der Waals surface area (Å²) in [7, 11) is 5.07. The summed E-state index contributed by atoms with van der Waals surface area (Å²) in [6.45, 7) is 0. The fourth-order valence-electron chi connectivity index (χ4n) is 3.95. The number of amides is 2. The molecular formula is C23H28N2O3. The lowest BCUT2D eigenvalue weighted by atomic mass is 9.68. The van der Waals surface area contributed by atoms with E-state index in [0.717, 1.165) is 43.4 Å². The van der Waals surface area contributed by atoms with Crippen LogP contribution in [0, 0.1) is 0 Å². The normalized spacial score (nSPS) is 15.5. The van der Waals surface area contributed by atoms with Gasteiger partial charge in [-0.05, 0) is 48.7 Å². The first-order chi connectivity index (χ1) is 13.5. The maximum absolute atomic E-state index is 13.4. The highest BCUT2D eigenvalue weighted by atomic mass is 16.5. The Morgan fingerprint density at radius 1 is 1.00 bits per heavy atom. The van der Waals surface area contributed by atoms with Crippen molar-refractivity contribution in [3.63, 3.8) is 0 Å². The summed E-state index contributed by atoms with van der Waals surface area (Å²) in [6.07, 6.45) is 4.85. The van der Waals surface area contributed by atoms with Gasteiger partial charge >= 0.3 is 0 Å². The van der Waals surface area contributed by atoms with Crippen LogP contribution < -0.4 is 10.1 Å². The molecule has 5 nitrogen and oxygen atoms in total. The molecule has 1 aliphatic rings. The second kappa shape index (κ2) is 8.46. The number of methoxy groups -OCH3 is 1. The Morgan fingerprint density at radius 3 is 2.29 bits per heavy atom. The topological polar surface area (TPSA) is 58.6 Å². The third-order valence-electron chi connectivity index (χ3n) is 5.56. The van der Waals surface area contributed by atoms with Gasteiger partial charge in [0.25, 0.3) is 5.91 Å². The van der Waals surface area contributed by atoms with E-state index in [1.54, 1.807) is 39.4 Å². The molecule has 2 aromatic carbocycles. The molecule has 28 heavy (non-hydrogen) atoms. The largest absolute Gasteiger partial charge is 0.497 e. The zero-order valence-corrected chi connectivity index (χ0v) is 16.8. The van der Waals surface area contributed by atoms with Gasteiger partial charge in [-0.15, -0.1) is 0 Å². The Bertz CT molecular complexity index is 837. The molecule has 2 aromatic rings. The summed E-state index contributed by atoms with van der Waals surface area (Å²) in [5.74, 6) is 0.690. The van der Waals surface area contributed by atoms with Crippen molar-refractivity contribution in [3.05, 3.63) is 59.7 Å². The van der Waals surface area contributed by atoms with Gasteiger partial charge in [0.05, 0.1) is 12.5 Å². The van der Waals surface area contributed by atoms with E-state index < -0.39 is 5.41 Å². The van der Waals surface area contributed by atoms with E-state index in [2.05, 4.69) is 5.32 Å². The Hall–Kier alpha value is -2.82. The van der Waals surface area contributed by atoms with Gasteiger partial charge in [0, 0.05) is 25.3 Å². The van der Waals surface area contributed by atoms with Gasteiger partial charge in [-0.2, -0.15) is 0 Å². The molecule has 0 radical (unpaired) electrons. The molecule has 2 amide bonds. The minimum atomic E-state index is -0.550. The predicted molar refractivity (Wildman–Crippen MR) is 111 cm³/mol. The van der Waals surface area contributed by atoms with Crippen molar-refractivity contribution >= 4 is 17.5 Å². The van der Waals surface area contributed by atoms with Crippen molar-refractivity contribution in [2.24, 2.45) is 0 Å². The second-order valence-electron chi connectivity index (χ2n) is 7.61. The molecule has 0 spiro atoms. The zero-order valence-electron chi connectivity index (χ0n) is 16.8. The van der Waals surface area contributed by atoms with E-state index in [0.29, 0.717) is 11.3 Å². The van der Waals surface area contributed by atoms with Gasteiger partial charge in [0.2, 0.25) is 5.91 Å². The van der Waals surface area contributed by atoms with Crippen LogP contribution >= 0.6 is 0 Å². The molecule has 1 fully saturated rings. The summed E-state index contributed by atoms with van der Waals surface area (Å²) in [6, 6.07) is 14.9. The van der Waals surface area contributed by atoms with Crippen LogP contribution in [0.2, 0.25) is 0 Å². The summed E-state index contributed by atoms with van der Waals surface area (Å²) < 4.78 is 5.26. The molecule has 0 aliphatic heterocycles. The highest BCUT2D eigenvalue weighted by Gasteiger charge is 2.41. The highest BCUT2D eigenvalue weighted by Crippen LogP contribution is 2.41. The molecule has 1 saturated carbocycles. The van der Waals surface area contributed by atoms with Crippen molar-refractivity contribution in [2.45, 2.75) is 37.5 Å². The molecule has 0 saturated heterocycles. The third kappa shape index (κ3) is 4.03. The maximum Gasteiger partial charge on any atom is 0.253 e. The lowest BCUT2D eigenvalue weighted by Gasteiger charge is -2.36. The molecule has 148 valence electrons. The molecule has 0 atom stereocenters. The smallest absolute Gasteiger partial charge is 0.253 e. The average molecular weight is 380 g/mol. The number of rotatable bonds is 5. The van der Waals surface area contributed by atoms with Crippen LogP contribution in [0.25, 0.3) is 0 Å². The lowest BCUT2D eigenvalue weighted by Crippen LogP contribution is -2.42.